The van der Waals surface area contributed by atoms with E-state index in [0.717, 1.165) is 4.90 Å². The van der Waals surface area contributed by atoms with Gasteiger partial charge in [0.1, 0.15) is 6.04 Å². The van der Waals surface area contributed by atoms with Crippen molar-refractivity contribution in [3.05, 3.63) is 64.7 Å². The normalized spacial score (nSPS) is 17.5. The minimum Gasteiger partial charge on any atom is -0.325 e. The van der Waals surface area contributed by atoms with Gasteiger partial charge in [-0.05, 0) is 30.3 Å². The summed E-state index contributed by atoms with van der Waals surface area (Å²) in [7, 11) is 0. The summed E-state index contributed by atoms with van der Waals surface area (Å²) in [6.45, 7) is -0.627. The first kappa shape index (κ1) is 18.3. The topological polar surface area (TPSA) is 32.3 Å². The number of carbonyl (C=O) groups is 1. The highest BCUT2D eigenvalue weighted by atomic mass is 35.5. The van der Waals surface area contributed by atoms with Crippen LogP contribution in [0, 0.1) is 11.8 Å². The summed E-state index contributed by atoms with van der Waals surface area (Å²) >= 11 is 5.89. The van der Waals surface area contributed by atoms with Crippen molar-refractivity contribution in [2.45, 2.75) is 12.2 Å². The van der Waals surface area contributed by atoms with Gasteiger partial charge in [-0.25, -0.2) is 0 Å². The van der Waals surface area contributed by atoms with E-state index >= 15 is 0 Å². The lowest BCUT2D eigenvalue weighted by molar-refractivity contribution is -0.184. The molecule has 0 radical (unpaired) electrons. The number of benzene rings is 2. The van der Waals surface area contributed by atoms with Gasteiger partial charge in [0.25, 0.3) is 0 Å². The number of nitrogens with zero attached hydrogens (tertiary/aromatic N) is 1. The number of anilines is 1. The van der Waals surface area contributed by atoms with E-state index in [1.54, 1.807) is 24.3 Å². The van der Waals surface area contributed by atoms with Crippen LogP contribution in [-0.2, 0) is 4.79 Å². The monoisotopic (exact) mass is 378 g/mol. The van der Waals surface area contributed by atoms with Crippen LogP contribution in [0.15, 0.2) is 48.5 Å². The molecule has 0 saturated heterocycles. The molecule has 1 aliphatic rings. The minimum absolute atomic E-state index is 0.0858. The molecule has 1 N–H and O–H groups in total. The molecule has 7 heteroatoms. The second-order valence-electron chi connectivity index (χ2n) is 5.80. The molecule has 0 spiro atoms. The number of carbonyl (C=O) groups excluding carboxylic acids is 1. The molecule has 0 aromatic heterocycles. The fourth-order valence-corrected chi connectivity index (χ4v) is 3.01. The lowest BCUT2D eigenvalue weighted by atomic mass is 10.0. The molecule has 0 aliphatic carbocycles. The average Bonchev–Trinajstić information content (AvgIpc) is 2.70. The second-order valence-corrected chi connectivity index (χ2v) is 6.23. The van der Waals surface area contributed by atoms with Crippen molar-refractivity contribution in [1.82, 2.24) is 4.90 Å². The minimum atomic E-state index is -4.58. The van der Waals surface area contributed by atoms with Gasteiger partial charge in [0.05, 0.1) is 13.1 Å². The number of hydrogen-bond acceptors (Lipinski definition) is 2. The van der Waals surface area contributed by atoms with E-state index < -0.39 is 24.7 Å². The van der Waals surface area contributed by atoms with E-state index in [-0.39, 0.29) is 22.8 Å². The van der Waals surface area contributed by atoms with Gasteiger partial charge in [0.15, 0.2) is 0 Å². The SMILES string of the molecule is O=C1CN(CC#Cc2ccccc2)C(C(F)(F)F)c2cc(Cl)ccc2N1. The molecular formula is C19H14ClF3N2O. The lowest BCUT2D eigenvalue weighted by Crippen LogP contribution is -2.40. The maximum atomic E-state index is 13.8. The summed E-state index contributed by atoms with van der Waals surface area (Å²) in [6.07, 6.45) is -4.58. The van der Waals surface area contributed by atoms with Crippen molar-refractivity contribution in [3.63, 3.8) is 0 Å². The van der Waals surface area contributed by atoms with Crippen molar-refractivity contribution in [2.75, 3.05) is 18.4 Å². The van der Waals surface area contributed by atoms with Crippen LogP contribution < -0.4 is 5.32 Å². The number of amides is 1. The summed E-state index contributed by atoms with van der Waals surface area (Å²) < 4.78 is 41.4. The number of hydrogen-bond donors (Lipinski definition) is 1. The van der Waals surface area contributed by atoms with Crippen LogP contribution in [0.3, 0.4) is 0 Å². The zero-order valence-corrected chi connectivity index (χ0v) is 14.2. The predicted molar refractivity (Wildman–Crippen MR) is 93.8 cm³/mol. The molecular weight excluding hydrogens is 365 g/mol. The molecule has 3 nitrogen and oxygen atoms in total. The quantitative estimate of drug-likeness (QED) is 0.752. The Kier molecular flexibility index (Phi) is 5.21. The Morgan fingerprint density at radius 2 is 1.92 bits per heavy atom. The van der Waals surface area contributed by atoms with Crippen molar-refractivity contribution in [1.29, 1.82) is 0 Å². The Balaban J connectivity index is 1.97. The molecule has 26 heavy (non-hydrogen) atoms. The predicted octanol–water partition coefficient (Wildman–Crippen LogP) is 4.25. The Bertz CT molecular complexity index is 872. The van der Waals surface area contributed by atoms with Crippen LogP contribution in [-0.4, -0.2) is 30.1 Å². The molecule has 1 amide bonds. The van der Waals surface area contributed by atoms with E-state index in [2.05, 4.69) is 17.2 Å². The number of alkyl halides is 3. The highest BCUT2D eigenvalue weighted by molar-refractivity contribution is 6.30. The van der Waals surface area contributed by atoms with E-state index in [0.29, 0.717) is 5.56 Å². The molecule has 1 unspecified atom stereocenters. The van der Waals surface area contributed by atoms with Gasteiger partial charge in [-0.3, -0.25) is 9.69 Å². The number of fused-ring (bicyclic) bond motifs is 1. The third-order valence-electron chi connectivity index (χ3n) is 3.89. The summed E-state index contributed by atoms with van der Waals surface area (Å²) in [4.78, 5) is 13.1. The molecule has 2 aromatic rings. The van der Waals surface area contributed by atoms with Crippen molar-refractivity contribution >= 4 is 23.2 Å². The molecule has 1 heterocycles. The zero-order chi connectivity index (χ0) is 18.7. The largest absolute Gasteiger partial charge is 0.408 e. The van der Waals surface area contributed by atoms with E-state index in [9.17, 15) is 18.0 Å². The Morgan fingerprint density at radius 1 is 1.19 bits per heavy atom. The van der Waals surface area contributed by atoms with Crippen LogP contribution in [0.2, 0.25) is 5.02 Å². The fourth-order valence-electron chi connectivity index (χ4n) is 2.83. The first-order valence-corrected chi connectivity index (χ1v) is 8.16. The summed E-state index contributed by atoms with van der Waals surface area (Å²) in [5.41, 5.74) is 0.719. The average molecular weight is 379 g/mol. The van der Waals surface area contributed by atoms with Crippen molar-refractivity contribution < 1.29 is 18.0 Å². The Hall–Kier alpha value is -2.49. The first-order valence-electron chi connectivity index (χ1n) is 7.78. The van der Waals surface area contributed by atoms with Crippen LogP contribution in [0.1, 0.15) is 17.2 Å². The van der Waals surface area contributed by atoms with Gasteiger partial charge >= 0.3 is 6.18 Å². The maximum absolute atomic E-state index is 13.8. The molecule has 1 aliphatic heterocycles. The molecule has 2 aromatic carbocycles. The van der Waals surface area contributed by atoms with Gasteiger partial charge in [-0.2, -0.15) is 13.2 Å². The molecule has 0 fully saturated rings. The molecule has 0 saturated carbocycles. The van der Waals surface area contributed by atoms with Gasteiger partial charge < -0.3 is 5.32 Å². The lowest BCUT2D eigenvalue weighted by Gasteiger charge is -2.30. The second kappa shape index (κ2) is 7.40. The molecule has 1 atom stereocenters. The summed E-state index contributed by atoms with van der Waals surface area (Å²) in [5.74, 6) is 5.02. The number of nitrogens with one attached hydrogen (secondary N) is 1. The Labute approximate surface area is 153 Å². The van der Waals surface area contributed by atoms with Gasteiger partial charge in [0, 0.05) is 21.8 Å². The third-order valence-corrected chi connectivity index (χ3v) is 4.13. The highest BCUT2D eigenvalue weighted by Gasteiger charge is 2.47. The third kappa shape index (κ3) is 4.18. The number of rotatable bonds is 1. The van der Waals surface area contributed by atoms with Crippen LogP contribution >= 0.6 is 11.6 Å². The standard InChI is InChI=1S/C19H14ClF3N2O/c20-14-8-9-16-15(11-14)18(19(21,22)23)25(12-17(26)24-16)10-4-7-13-5-2-1-3-6-13/h1-3,5-6,8-9,11,18H,10,12H2,(H,24,26). The highest BCUT2D eigenvalue weighted by Crippen LogP contribution is 2.42. The molecule has 134 valence electrons. The van der Waals surface area contributed by atoms with Gasteiger partial charge in [-0.15, -0.1) is 0 Å². The Morgan fingerprint density at radius 3 is 2.62 bits per heavy atom. The summed E-state index contributed by atoms with van der Waals surface area (Å²) in [5, 5.41) is 2.67. The summed E-state index contributed by atoms with van der Waals surface area (Å²) in [6, 6.07) is 11.0. The van der Waals surface area contributed by atoms with Crippen molar-refractivity contribution in [2.24, 2.45) is 0 Å². The molecule has 0 bridgehead atoms. The van der Waals surface area contributed by atoms with E-state index in [4.69, 9.17) is 11.6 Å². The molecule has 3 rings (SSSR count). The number of halogens is 4. The fraction of sp³-hybridized carbons (Fsp3) is 0.211. The smallest absolute Gasteiger partial charge is 0.325 e. The van der Waals surface area contributed by atoms with Crippen LogP contribution in [0.25, 0.3) is 0 Å². The maximum Gasteiger partial charge on any atom is 0.408 e. The van der Waals surface area contributed by atoms with E-state index in [1.807, 2.05) is 6.07 Å². The first-order chi connectivity index (χ1) is 12.3. The van der Waals surface area contributed by atoms with E-state index in [1.165, 1.54) is 18.2 Å². The van der Waals surface area contributed by atoms with Crippen LogP contribution in [0.5, 0.6) is 0 Å². The van der Waals surface area contributed by atoms with Gasteiger partial charge in [-0.1, -0.05) is 41.6 Å². The van der Waals surface area contributed by atoms with Crippen molar-refractivity contribution in [3.8, 4) is 11.8 Å². The van der Waals surface area contributed by atoms with Gasteiger partial charge in [0.2, 0.25) is 5.91 Å². The van der Waals surface area contributed by atoms with Crippen LogP contribution in [0.4, 0.5) is 18.9 Å². The zero-order valence-electron chi connectivity index (χ0n) is 13.5.